The van der Waals surface area contributed by atoms with Gasteiger partial charge in [0.25, 0.3) is 5.91 Å². The van der Waals surface area contributed by atoms with E-state index >= 15 is 0 Å². The van der Waals surface area contributed by atoms with Crippen molar-refractivity contribution in [3.05, 3.63) is 52.0 Å². The van der Waals surface area contributed by atoms with E-state index < -0.39 is 0 Å². The second-order valence-electron chi connectivity index (χ2n) is 7.03. The molecule has 3 aromatic heterocycles. The van der Waals surface area contributed by atoms with Gasteiger partial charge in [-0.25, -0.2) is 9.97 Å². The molecule has 27 heavy (non-hydrogen) atoms. The summed E-state index contributed by atoms with van der Waals surface area (Å²) in [6.45, 7) is 7.42. The van der Waals surface area contributed by atoms with Crippen LogP contribution < -0.4 is 0 Å². The SMILES string of the molecule is Cc1nc(C)c(C(=O)N2CCCC(n3c(C)cnc3-c3cccnc3)C2)s1. The van der Waals surface area contributed by atoms with E-state index in [1.807, 2.05) is 43.3 Å². The normalized spacial score (nSPS) is 17.3. The van der Waals surface area contributed by atoms with Crippen LogP contribution in [0.1, 0.15) is 45.0 Å². The van der Waals surface area contributed by atoms with E-state index in [0.717, 1.165) is 52.0 Å². The van der Waals surface area contributed by atoms with E-state index in [2.05, 4.69) is 26.4 Å². The molecule has 1 fully saturated rings. The predicted octanol–water partition coefficient (Wildman–Crippen LogP) is 3.80. The van der Waals surface area contributed by atoms with Crippen LogP contribution in [0.2, 0.25) is 0 Å². The lowest BCUT2D eigenvalue weighted by Crippen LogP contribution is -2.41. The summed E-state index contributed by atoms with van der Waals surface area (Å²) in [5.74, 6) is 1.02. The molecule has 1 atom stereocenters. The molecule has 4 rings (SSSR count). The summed E-state index contributed by atoms with van der Waals surface area (Å²) in [6, 6.07) is 4.17. The zero-order valence-corrected chi connectivity index (χ0v) is 16.7. The molecule has 1 saturated heterocycles. The molecule has 0 spiro atoms. The van der Waals surface area contributed by atoms with E-state index in [-0.39, 0.29) is 11.9 Å². The fourth-order valence-corrected chi connectivity index (χ4v) is 4.73. The number of aromatic nitrogens is 4. The first-order valence-electron chi connectivity index (χ1n) is 9.22. The Labute approximate surface area is 162 Å². The van der Waals surface area contributed by atoms with Crippen molar-refractivity contribution in [3.8, 4) is 11.4 Å². The monoisotopic (exact) mass is 381 g/mol. The van der Waals surface area contributed by atoms with Gasteiger partial charge in [0.1, 0.15) is 10.7 Å². The lowest BCUT2D eigenvalue weighted by atomic mass is 10.0. The number of hydrogen-bond acceptors (Lipinski definition) is 5. The maximum Gasteiger partial charge on any atom is 0.265 e. The van der Waals surface area contributed by atoms with Crippen LogP contribution in [-0.2, 0) is 0 Å². The molecule has 0 N–H and O–H groups in total. The lowest BCUT2D eigenvalue weighted by molar-refractivity contribution is 0.0683. The summed E-state index contributed by atoms with van der Waals surface area (Å²) in [7, 11) is 0. The Morgan fingerprint density at radius 3 is 2.81 bits per heavy atom. The van der Waals surface area contributed by atoms with Crippen molar-refractivity contribution in [1.29, 1.82) is 0 Å². The number of piperidine rings is 1. The van der Waals surface area contributed by atoms with E-state index in [1.54, 1.807) is 6.20 Å². The highest BCUT2D eigenvalue weighted by Crippen LogP contribution is 2.30. The molecule has 1 aliphatic heterocycles. The third-order valence-electron chi connectivity index (χ3n) is 5.05. The van der Waals surface area contributed by atoms with Crippen LogP contribution in [-0.4, -0.2) is 43.4 Å². The topological polar surface area (TPSA) is 63.9 Å². The molecule has 0 bridgehead atoms. The highest BCUT2D eigenvalue weighted by atomic mass is 32.1. The van der Waals surface area contributed by atoms with Crippen LogP contribution in [0.5, 0.6) is 0 Å². The number of nitrogens with zero attached hydrogens (tertiary/aromatic N) is 5. The average molecular weight is 382 g/mol. The third kappa shape index (κ3) is 3.39. The lowest BCUT2D eigenvalue weighted by Gasteiger charge is -2.34. The highest BCUT2D eigenvalue weighted by molar-refractivity contribution is 7.13. The fraction of sp³-hybridized carbons (Fsp3) is 0.400. The molecule has 0 radical (unpaired) electrons. The van der Waals surface area contributed by atoms with Crippen molar-refractivity contribution in [2.24, 2.45) is 0 Å². The average Bonchev–Trinajstić information content (AvgIpc) is 3.23. The minimum atomic E-state index is 0.100. The molecule has 0 saturated carbocycles. The molecule has 0 aliphatic carbocycles. The molecule has 3 aromatic rings. The molecule has 1 unspecified atom stereocenters. The van der Waals surface area contributed by atoms with Crippen molar-refractivity contribution in [2.75, 3.05) is 13.1 Å². The van der Waals surface area contributed by atoms with Crippen LogP contribution in [0.15, 0.2) is 30.7 Å². The number of aryl methyl sites for hydroxylation is 3. The van der Waals surface area contributed by atoms with Gasteiger partial charge in [0.2, 0.25) is 0 Å². The van der Waals surface area contributed by atoms with Gasteiger partial charge < -0.3 is 9.47 Å². The summed E-state index contributed by atoms with van der Waals surface area (Å²) in [5, 5.41) is 0.939. The summed E-state index contributed by atoms with van der Waals surface area (Å²) in [5.41, 5.74) is 2.94. The number of carbonyl (C=O) groups excluding carboxylic acids is 1. The predicted molar refractivity (Wildman–Crippen MR) is 106 cm³/mol. The number of amides is 1. The Morgan fingerprint density at radius 2 is 2.11 bits per heavy atom. The Bertz CT molecular complexity index is 962. The van der Waals surface area contributed by atoms with Gasteiger partial charge in [-0.3, -0.25) is 9.78 Å². The molecular weight excluding hydrogens is 358 g/mol. The zero-order chi connectivity index (χ0) is 19.0. The van der Waals surface area contributed by atoms with Gasteiger partial charge in [-0.15, -0.1) is 11.3 Å². The maximum absolute atomic E-state index is 13.1. The van der Waals surface area contributed by atoms with Crippen molar-refractivity contribution in [2.45, 2.75) is 39.7 Å². The van der Waals surface area contributed by atoms with Crippen molar-refractivity contribution < 1.29 is 4.79 Å². The number of carbonyl (C=O) groups is 1. The summed E-state index contributed by atoms with van der Waals surface area (Å²) in [4.78, 5) is 29.0. The summed E-state index contributed by atoms with van der Waals surface area (Å²) in [6.07, 6.45) is 7.53. The van der Waals surface area contributed by atoms with Crippen molar-refractivity contribution in [3.63, 3.8) is 0 Å². The van der Waals surface area contributed by atoms with E-state index in [0.29, 0.717) is 6.54 Å². The number of rotatable bonds is 3. The smallest absolute Gasteiger partial charge is 0.265 e. The van der Waals surface area contributed by atoms with Crippen LogP contribution in [0, 0.1) is 20.8 Å². The number of imidazole rings is 1. The molecule has 1 amide bonds. The van der Waals surface area contributed by atoms with Gasteiger partial charge in [0.15, 0.2) is 0 Å². The molecule has 6 nitrogen and oxygen atoms in total. The first kappa shape index (κ1) is 17.9. The number of likely N-dealkylation sites (tertiary alicyclic amines) is 1. The minimum Gasteiger partial charge on any atom is -0.336 e. The number of pyridine rings is 1. The van der Waals surface area contributed by atoms with Crippen molar-refractivity contribution >= 4 is 17.2 Å². The van der Waals surface area contributed by atoms with E-state index in [4.69, 9.17) is 0 Å². The number of thiazole rings is 1. The zero-order valence-electron chi connectivity index (χ0n) is 15.8. The Kier molecular flexibility index (Phi) is 4.78. The quantitative estimate of drug-likeness (QED) is 0.692. The summed E-state index contributed by atoms with van der Waals surface area (Å²) >= 11 is 1.49. The van der Waals surface area contributed by atoms with Gasteiger partial charge in [0.05, 0.1) is 16.7 Å². The standard InChI is InChI=1S/C20H23N5OS/c1-13-10-22-19(16-6-4-8-21-11-16)25(13)17-7-5-9-24(12-17)20(26)18-14(2)23-15(3)27-18/h4,6,8,10-11,17H,5,7,9,12H2,1-3H3. The largest absolute Gasteiger partial charge is 0.336 e. The molecule has 7 heteroatoms. The molecule has 4 heterocycles. The molecule has 140 valence electrons. The molecule has 1 aliphatic rings. The van der Waals surface area contributed by atoms with Crippen LogP contribution in [0.3, 0.4) is 0 Å². The first-order chi connectivity index (χ1) is 13.0. The van der Waals surface area contributed by atoms with E-state index in [1.165, 1.54) is 11.3 Å². The summed E-state index contributed by atoms with van der Waals surface area (Å²) < 4.78 is 2.27. The first-order valence-corrected chi connectivity index (χ1v) is 10.0. The van der Waals surface area contributed by atoms with E-state index in [9.17, 15) is 4.79 Å². The van der Waals surface area contributed by atoms with Crippen LogP contribution >= 0.6 is 11.3 Å². The Hall–Kier alpha value is -2.54. The fourth-order valence-electron chi connectivity index (χ4n) is 3.84. The third-order valence-corrected chi connectivity index (χ3v) is 6.11. The van der Waals surface area contributed by atoms with Gasteiger partial charge in [0, 0.05) is 42.9 Å². The van der Waals surface area contributed by atoms with Gasteiger partial charge in [-0.2, -0.15) is 0 Å². The maximum atomic E-state index is 13.1. The van der Waals surface area contributed by atoms with Crippen molar-refractivity contribution in [1.82, 2.24) is 24.4 Å². The Morgan fingerprint density at radius 1 is 1.26 bits per heavy atom. The second kappa shape index (κ2) is 7.23. The Balaban J connectivity index is 1.62. The van der Waals surface area contributed by atoms with Gasteiger partial charge >= 0.3 is 0 Å². The molecule has 0 aromatic carbocycles. The van der Waals surface area contributed by atoms with Crippen LogP contribution in [0.25, 0.3) is 11.4 Å². The molecular formula is C20H23N5OS. The van der Waals surface area contributed by atoms with Gasteiger partial charge in [-0.1, -0.05) is 0 Å². The number of hydrogen-bond donors (Lipinski definition) is 0. The highest BCUT2D eigenvalue weighted by Gasteiger charge is 2.29. The van der Waals surface area contributed by atoms with Gasteiger partial charge in [-0.05, 0) is 45.7 Å². The minimum absolute atomic E-state index is 0.100. The second-order valence-corrected chi connectivity index (χ2v) is 8.23. The van der Waals surface area contributed by atoms with Crippen LogP contribution in [0.4, 0.5) is 0 Å².